The zero-order valence-electron chi connectivity index (χ0n) is 27.7. The standard InChI is InChI=1S/C44H37NO5/c1-48-42(46)41(45-43(47)49-30-40-38-23-13-11-21-36(38)37-22-12-14-24-39(37)40)29-31-25-27-35(28-26-31)50-44(32-15-5-2-6-16-32,33-17-7-3-8-18-33)34-19-9-4-10-20-34/h2-28,40-41H,29-30H2,1H3,(H,45,47)/t41-/m0/s1. The van der Waals surface area contributed by atoms with E-state index in [-0.39, 0.29) is 18.9 Å². The average Bonchev–Trinajstić information content (AvgIpc) is 3.50. The summed E-state index contributed by atoms with van der Waals surface area (Å²) in [5.74, 6) is -0.00782. The van der Waals surface area contributed by atoms with Gasteiger partial charge in [-0.1, -0.05) is 152 Å². The van der Waals surface area contributed by atoms with E-state index in [0.29, 0.717) is 5.75 Å². The van der Waals surface area contributed by atoms with Crippen molar-refractivity contribution in [2.24, 2.45) is 0 Å². The number of rotatable bonds is 11. The van der Waals surface area contributed by atoms with Gasteiger partial charge in [-0.25, -0.2) is 9.59 Å². The van der Waals surface area contributed by atoms with E-state index in [4.69, 9.17) is 14.2 Å². The third-order valence-electron chi connectivity index (χ3n) is 9.30. The van der Waals surface area contributed by atoms with Crippen LogP contribution >= 0.6 is 0 Å². The first kappa shape index (κ1) is 32.4. The van der Waals surface area contributed by atoms with E-state index in [1.54, 1.807) is 0 Å². The summed E-state index contributed by atoms with van der Waals surface area (Å²) in [6, 6.07) is 53.4. The molecule has 0 radical (unpaired) electrons. The Balaban J connectivity index is 1.09. The highest BCUT2D eigenvalue weighted by atomic mass is 16.6. The molecule has 1 aliphatic rings. The molecule has 0 bridgehead atoms. The first-order valence-electron chi connectivity index (χ1n) is 16.7. The van der Waals surface area contributed by atoms with Crippen molar-refractivity contribution < 1.29 is 23.8 Å². The Morgan fingerprint density at radius 1 is 0.620 bits per heavy atom. The molecule has 0 aromatic heterocycles. The van der Waals surface area contributed by atoms with Gasteiger partial charge in [0.1, 0.15) is 18.4 Å². The Morgan fingerprint density at radius 3 is 1.56 bits per heavy atom. The zero-order chi connectivity index (χ0) is 34.3. The van der Waals surface area contributed by atoms with E-state index in [1.165, 1.54) is 7.11 Å². The lowest BCUT2D eigenvalue weighted by Crippen LogP contribution is -2.43. The number of ether oxygens (including phenoxy) is 3. The number of amides is 1. The lowest BCUT2D eigenvalue weighted by atomic mass is 9.80. The highest BCUT2D eigenvalue weighted by Gasteiger charge is 2.39. The Labute approximate surface area is 292 Å². The second kappa shape index (κ2) is 14.5. The second-order valence-corrected chi connectivity index (χ2v) is 12.3. The Hall–Kier alpha value is -6.14. The fourth-order valence-electron chi connectivity index (χ4n) is 6.92. The van der Waals surface area contributed by atoms with Gasteiger partial charge < -0.3 is 19.5 Å². The van der Waals surface area contributed by atoms with Crippen LogP contribution in [0.1, 0.15) is 39.3 Å². The largest absolute Gasteiger partial charge is 0.473 e. The molecule has 1 aliphatic carbocycles. The van der Waals surface area contributed by atoms with E-state index in [0.717, 1.165) is 44.5 Å². The third kappa shape index (κ3) is 6.48. The lowest BCUT2D eigenvalue weighted by Gasteiger charge is -2.36. The van der Waals surface area contributed by atoms with Gasteiger partial charge in [0.25, 0.3) is 0 Å². The van der Waals surface area contributed by atoms with Crippen molar-refractivity contribution in [1.29, 1.82) is 0 Å². The van der Waals surface area contributed by atoms with Gasteiger partial charge in [-0.15, -0.1) is 0 Å². The first-order chi connectivity index (χ1) is 24.6. The predicted octanol–water partition coefficient (Wildman–Crippen LogP) is 8.68. The van der Waals surface area contributed by atoms with Crippen LogP contribution in [0.15, 0.2) is 164 Å². The second-order valence-electron chi connectivity index (χ2n) is 12.3. The summed E-state index contributed by atoms with van der Waals surface area (Å²) in [4.78, 5) is 25.9. The molecule has 248 valence electrons. The summed E-state index contributed by atoms with van der Waals surface area (Å²) in [6.45, 7) is 0.145. The fraction of sp³-hybridized carbons (Fsp3) is 0.136. The smallest absolute Gasteiger partial charge is 0.407 e. The quantitative estimate of drug-likeness (QED) is 0.111. The van der Waals surface area contributed by atoms with Gasteiger partial charge >= 0.3 is 12.1 Å². The number of methoxy groups -OCH3 is 1. The van der Waals surface area contributed by atoms with Gasteiger partial charge in [-0.05, 0) is 39.9 Å². The van der Waals surface area contributed by atoms with Crippen LogP contribution in [-0.4, -0.2) is 31.8 Å². The molecule has 0 heterocycles. The topological polar surface area (TPSA) is 73.9 Å². The predicted molar refractivity (Wildman–Crippen MR) is 194 cm³/mol. The summed E-state index contributed by atoms with van der Waals surface area (Å²) in [5, 5.41) is 2.74. The molecular weight excluding hydrogens is 622 g/mol. The molecule has 0 fully saturated rings. The maximum Gasteiger partial charge on any atom is 0.407 e. The molecule has 1 N–H and O–H groups in total. The van der Waals surface area contributed by atoms with E-state index in [1.807, 2.05) is 103 Å². The Kier molecular flexibility index (Phi) is 9.43. The number of fused-ring (bicyclic) bond motifs is 3. The van der Waals surface area contributed by atoms with E-state index in [9.17, 15) is 9.59 Å². The van der Waals surface area contributed by atoms with Crippen LogP contribution in [0.25, 0.3) is 11.1 Å². The normalized spacial score (nSPS) is 12.7. The molecule has 7 rings (SSSR count). The number of alkyl carbamates (subject to hydrolysis) is 1. The average molecular weight is 660 g/mol. The van der Waals surface area contributed by atoms with Crippen LogP contribution in [0.4, 0.5) is 4.79 Å². The number of hydrogen-bond donors (Lipinski definition) is 1. The molecule has 50 heavy (non-hydrogen) atoms. The van der Waals surface area contributed by atoms with Gasteiger partial charge in [0.2, 0.25) is 0 Å². The van der Waals surface area contributed by atoms with Crippen molar-refractivity contribution in [2.45, 2.75) is 24.0 Å². The maximum absolute atomic E-state index is 13.1. The van der Waals surface area contributed by atoms with Gasteiger partial charge in [-0.2, -0.15) is 0 Å². The zero-order valence-corrected chi connectivity index (χ0v) is 27.7. The molecule has 6 aromatic rings. The summed E-state index contributed by atoms with van der Waals surface area (Å²) >= 11 is 0. The van der Waals surface area contributed by atoms with Crippen LogP contribution in [-0.2, 0) is 26.3 Å². The van der Waals surface area contributed by atoms with Crippen molar-refractivity contribution in [2.75, 3.05) is 13.7 Å². The number of nitrogens with one attached hydrogen (secondary N) is 1. The summed E-state index contributed by atoms with van der Waals surface area (Å²) in [7, 11) is 1.31. The van der Waals surface area contributed by atoms with Crippen molar-refractivity contribution in [1.82, 2.24) is 5.32 Å². The maximum atomic E-state index is 13.1. The van der Waals surface area contributed by atoms with Gasteiger partial charge in [0.15, 0.2) is 5.60 Å². The molecule has 6 aromatic carbocycles. The third-order valence-corrected chi connectivity index (χ3v) is 9.30. The summed E-state index contributed by atoms with van der Waals surface area (Å²) in [6.07, 6.45) is -0.473. The summed E-state index contributed by atoms with van der Waals surface area (Å²) < 4.78 is 17.8. The van der Waals surface area contributed by atoms with Crippen LogP contribution in [0.2, 0.25) is 0 Å². The number of carbonyl (C=O) groups excluding carboxylic acids is 2. The number of carbonyl (C=O) groups is 2. The van der Waals surface area contributed by atoms with Gasteiger partial charge in [0.05, 0.1) is 7.11 Å². The molecule has 6 heteroatoms. The minimum atomic E-state index is -0.945. The minimum absolute atomic E-state index is 0.0907. The van der Waals surface area contributed by atoms with Crippen molar-refractivity contribution in [3.8, 4) is 16.9 Å². The van der Waals surface area contributed by atoms with Crippen LogP contribution in [0, 0.1) is 0 Å². The molecule has 6 nitrogen and oxygen atoms in total. The van der Waals surface area contributed by atoms with Crippen molar-refractivity contribution >= 4 is 12.1 Å². The lowest BCUT2D eigenvalue weighted by molar-refractivity contribution is -0.143. The molecule has 0 aliphatic heterocycles. The Bertz CT molecular complexity index is 1920. The molecule has 0 saturated heterocycles. The SMILES string of the molecule is COC(=O)[C@H](Cc1ccc(OC(c2ccccc2)(c2ccccc2)c2ccccc2)cc1)NC(=O)OCC1c2ccccc2-c2ccccc21. The Morgan fingerprint density at radius 2 is 1.08 bits per heavy atom. The summed E-state index contributed by atoms with van der Waals surface area (Å²) in [5.41, 5.74) is 7.37. The van der Waals surface area contributed by atoms with E-state index < -0.39 is 23.7 Å². The minimum Gasteiger partial charge on any atom is -0.473 e. The number of benzene rings is 6. The molecule has 1 atom stereocenters. The van der Waals surface area contributed by atoms with Gasteiger partial charge in [0, 0.05) is 29.0 Å². The van der Waals surface area contributed by atoms with Crippen LogP contribution in [0.3, 0.4) is 0 Å². The van der Waals surface area contributed by atoms with Crippen LogP contribution in [0.5, 0.6) is 5.75 Å². The fourth-order valence-corrected chi connectivity index (χ4v) is 6.92. The molecule has 0 unspecified atom stereocenters. The van der Waals surface area contributed by atoms with Crippen molar-refractivity contribution in [3.05, 3.63) is 197 Å². The molecule has 0 saturated carbocycles. The molecule has 1 amide bonds. The first-order valence-corrected chi connectivity index (χ1v) is 16.7. The monoisotopic (exact) mass is 659 g/mol. The van der Waals surface area contributed by atoms with Gasteiger partial charge in [-0.3, -0.25) is 0 Å². The highest BCUT2D eigenvalue weighted by molar-refractivity contribution is 5.82. The van der Waals surface area contributed by atoms with E-state index >= 15 is 0 Å². The van der Waals surface area contributed by atoms with E-state index in [2.05, 4.69) is 66.0 Å². The van der Waals surface area contributed by atoms with Crippen LogP contribution < -0.4 is 10.1 Å². The number of hydrogen-bond acceptors (Lipinski definition) is 5. The highest BCUT2D eigenvalue weighted by Crippen LogP contribution is 2.45. The molecule has 0 spiro atoms. The number of esters is 1. The van der Waals surface area contributed by atoms with Crippen molar-refractivity contribution in [3.63, 3.8) is 0 Å². The molecular formula is C44H37NO5.